The highest BCUT2D eigenvalue weighted by Gasteiger charge is 2.16. The Morgan fingerprint density at radius 3 is 2.45 bits per heavy atom. The maximum absolute atomic E-state index is 13.9. The summed E-state index contributed by atoms with van der Waals surface area (Å²) in [6.45, 7) is 1.51. The highest BCUT2D eigenvalue weighted by Crippen LogP contribution is 2.28. The lowest BCUT2D eigenvalue weighted by atomic mass is 10.0. The first-order valence-corrected chi connectivity index (χ1v) is 6.72. The Bertz CT molecular complexity index is 626. The summed E-state index contributed by atoms with van der Waals surface area (Å²) in [5, 5.41) is 8.90. The maximum Gasteiger partial charge on any atom is 0.310 e. The summed E-state index contributed by atoms with van der Waals surface area (Å²) in [7, 11) is 0. The number of carbonyl (C=O) groups is 1. The smallest absolute Gasteiger partial charge is 0.310 e. The first kappa shape index (κ1) is 14.5. The van der Waals surface area contributed by atoms with Gasteiger partial charge in [-0.3, -0.25) is 4.79 Å². The summed E-state index contributed by atoms with van der Waals surface area (Å²) in [5.74, 6) is -1.77. The van der Waals surface area contributed by atoms with Gasteiger partial charge in [0, 0.05) is 4.47 Å². The number of hydrogen-bond acceptors (Lipinski definition) is 2. The molecule has 20 heavy (non-hydrogen) atoms. The summed E-state index contributed by atoms with van der Waals surface area (Å²) >= 11 is 3.30. The number of hydrogen-bond donors (Lipinski definition) is 1. The SMILES string of the molecule is CC(C(=O)O)c1ccc(Oc2ccc(Br)cc2)c(F)c1. The highest BCUT2D eigenvalue weighted by atomic mass is 79.9. The van der Waals surface area contributed by atoms with E-state index in [9.17, 15) is 9.18 Å². The minimum absolute atomic E-state index is 0.0636. The number of aliphatic carboxylic acids is 1. The molecule has 104 valence electrons. The van der Waals surface area contributed by atoms with Crippen LogP contribution in [0.5, 0.6) is 11.5 Å². The molecular formula is C15H12BrFO3. The minimum Gasteiger partial charge on any atom is -0.481 e. The van der Waals surface area contributed by atoms with Crippen LogP contribution in [0.2, 0.25) is 0 Å². The summed E-state index contributed by atoms with van der Waals surface area (Å²) in [6, 6.07) is 11.2. The zero-order chi connectivity index (χ0) is 14.7. The first-order valence-electron chi connectivity index (χ1n) is 5.93. The van der Waals surface area contributed by atoms with Crippen LogP contribution in [0.4, 0.5) is 4.39 Å². The predicted molar refractivity (Wildman–Crippen MR) is 76.7 cm³/mol. The fourth-order valence-corrected chi connectivity index (χ4v) is 1.91. The number of benzene rings is 2. The molecule has 0 aliphatic rings. The molecule has 0 aliphatic carbocycles. The molecule has 1 N–H and O–H groups in total. The zero-order valence-corrected chi connectivity index (χ0v) is 12.2. The standard InChI is InChI=1S/C15H12BrFO3/c1-9(15(18)19)10-2-7-14(13(17)8-10)20-12-5-3-11(16)4-6-12/h2-9H,1H3,(H,18,19). The Morgan fingerprint density at radius 1 is 1.25 bits per heavy atom. The van der Waals surface area contributed by atoms with Crippen LogP contribution in [0.3, 0.4) is 0 Å². The van der Waals surface area contributed by atoms with E-state index in [4.69, 9.17) is 9.84 Å². The number of carboxylic acids is 1. The predicted octanol–water partition coefficient (Wildman–Crippen LogP) is 4.57. The van der Waals surface area contributed by atoms with E-state index in [1.54, 1.807) is 30.3 Å². The van der Waals surface area contributed by atoms with Gasteiger partial charge in [0.2, 0.25) is 0 Å². The monoisotopic (exact) mass is 338 g/mol. The molecule has 2 aromatic carbocycles. The molecule has 0 radical (unpaired) electrons. The van der Waals surface area contributed by atoms with Gasteiger partial charge < -0.3 is 9.84 Å². The third kappa shape index (κ3) is 3.36. The van der Waals surface area contributed by atoms with Crippen molar-refractivity contribution in [3.8, 4) is 11.5 Å². The quantitative estimate of drug-likeness (QED) is 0.888. The first-order chi connectivity index (χ1) is 9.47. The van der Waals surface area contributed by atoms with Crippen molar-refractivity contribution in [3.05, 3.63) is 58.3 Å². The molecule has 0 saturated carbocycles. The molecule has 0 aromatic heterocycles. The number of rotatable bonds is 4. The second-order valence-electron chi connectivity index (χ2n) is 4.31. The molecule has 2 aromatic rings. The number of carboxylic acid groups (broad SMARTS) is 1. The van der Waals surface area contributed by atoms with Crippen molar-refractivity contribution >= 4 is 21.9 Å². The number of halogens is 2. The van der Waals surface area contributed by atoms with Gasteiger partial charge >= 0.3 is 5.97 Å². The van der Waals surface area contributed by atoms with Gasteiger partial charge in [-0.15, -0.1) is 0 Å². The Balaban J connectivity index is 2.21. The molecule has 1 unspecified atom stereocenters. The van der Waals surface area contributed by atoms with Crippen LogP contribution in [0, 0.1) is 5.82 Å². The van der Waals surface area contributed by atoms with E-state index in [0.29, 0.717) is 11.3 Å². The van der Waals surface area contributed by atoms with Crippen molar-refractivity contribution < 1.29 is 19.0 Å². The molecular weight excluding hydrogens is 327 g/mol. The normalized spacial score (nSPS) is 11.9. The Morgan fingerprint density at radius 2 is 1.90 bits per heavy atom. The van der Waals surface area contributed by atoms with Crippen LogP contribution >= 0.6 is 15.9 Å². The fraction of sp³-hybridized carbons (Fsp3) is 0.133. The molecule has 3 nitrogen and oxygen atoms in total. The van der Waals surface area contributed by atoms with E-state index in [-0.39, 0.29) is 5.75 Å². The molecule has 5 heteroatoms. The second kappa shape index (κ2) is 6.05. The average molecular weight is 339 g/mol. The van der Waals surface area contributed by atoms with Gasteiger partial charge in [-0.2, -0.15) is 0 Å². The molecule has 2 rings (SSSR count). The van der Waals surface area contributed by atoms with E-state index in [1.807, 2.05) is 0 Å². The fourth-order valence-electron chi connectivity index (χ4n) is 1.64. The molecule has 0 bridgehead atoms. The molecule has 1 atom stereocenters. The van der Waals surface area contributed by atoms with Crippen molar-refractivity contribution in [1.82, 2.24) is 0 Å². The van der Waals surface area contributed by atoms with Crippen LogP contribution in [0.15, 0.2) is 46.9 Å². The van der Waals surface area contributed by atoms with Crippen LogP contribution in [0.1, 0.15) is 18.4 Å². The van der Waals surface area contributed by atoms with Crippen molar-refractivity contribution in [2.45, 2.75) is 12.8 Å². The molecule has 0 heterocycles. The van der Waals surface area contributed by atoms with Gasteiger partial charge in [-0.05, 0) is 48.9 Å². The molecule has 0 amide bonds. The third-order valence-electron chi connectivity index (χ3n) is 2.87. The van der Waals surface area contributed by atoms with Gasteiger partial charge in [0.25, 0.3) is 0 Å². The lowest BCUT2D eigenvalue weighted by Crippen LogP contribution is -2.07. The van der Waals surface area contributed by atoms with E-state index < -0.39 is 17.7 Å². The van der Waals surface area contributed by atoms with Crippen molar-refractivity contribution in [1.29, 1.82) is 0 Å². The van der Waals surface area contributed by atoms with Gasteiger partial charge in [0.15, 0.2) is 11.6 Å². The van der Waals surface area contributed by atoms with Gasteiger partial charge in [0.1, 0.15) is 5.75 Å². The van der Waals surface area contributed by atoms with Crippen LogP contribution in [0.25, 0.3) is 0 Å². The van der Waals surface area contributed by atoms with Crippen LogP contribution in [-0.4, -0.2) is 11.1 Å². The molecule has 0 aliphatic heterocycles. The lowest BCUT2D eigenvalue weighted by molar-refractivity contribution is -0.138. The molecule has 0 fully saturated rings. The topological polar surface area (TPSA) is 46.5 Å². The second-order valence-corrected chi connectivity index (χ2v) is 5.22. The highest BCUT2D eigenvalue weighted by molar-refractivity contribution is 9.10. The van der Waals surface area contributed by atoms with E-state index >= 15 is 0 Å². The van der Waals surface area contributed by atoms with E-state index in [0.717, 1.165) is 4.47 Å². The largest absolute Gasteiger partial charge is 0.481 e. The average Bonchev–Trinajstić information content (AvgIpc) is 2.42. The molecule has 0 spiro atoms. The van der Waals surface area contributed by atoms with Gasteiger partial charge in [-0.25, -0.2) is 4.39 Å². The Kier molecular flexibility index (Phi) is 4.39. The summed E-state index contributed by atoms with van der Waals surface area (Å²) < 4.78 is 20.2. The summed E-state index contributed by atoms with van der Waals surface area (Å²) in [5.41, 5.74) is 0.401. The maximum atomic E-state index is 13.9. The number of ether oxygens (including phenoxy) is 1. The van der Waals surface area contributed by atoms with E-state index in [2.05, 4.69) is 15.9 Å². The van der Waals surface area contributed by atoms with Crippen molar-refractivity contribution in [3.63, 3.8) is 0 Å². The van der Waals surface area contributed by atoms with Gasteiger partial charge in [0.05, 0.1) is 5.92 Å². The van der Waals surface area contributed by atoms with Crippen LogP contribution < -0.4 is 4.74 Å². The Labute approximate surface area is 124 Å². The summed E-state index contributed by atoms with van der Waals surface area (Å²) in [4.78, 5) is 10.9. The van der Waals surface area contributed by atoms with Gasteiger partial charge in [-0.1, -0.05) is 22.0 Å². The van der Waals surface area contributed by atoms with Crippen molar-refractivity contribution in [2.24, 2.45) is 0 Å². The zero-order valence-electron chi connectivity index (χ0n) is 10.6. The molecule has 0 saturated heterocycles. The lowest BCUT2D eigenvalue weighted by Gasteiger charge is -2.10. The van der Waals surface area contributed by atoms with Crippen molar-refractivity contribution in [2.75, 3.05) is 0 Å². The van der Waals surface area contributed by atoms with Crippen LogP contribution in [-0.2, 0) is 4.79 Å². The minimum atomic E-state index is -0.994. The Hall–Kier alpha value is -1.88. The summed E-state index contributed by atoms with van der Waals surface area (Å²) in [6.07, 6.45) is 0. The van der Waals surface area contributed by atoms with E-state index in [1.165, 1.54) is 19.1 Å². The third-order valence-corrected chi connectivity index (χ3v) is 3.40.